The van der Waals surface area contributed by atoms with Crippen LogP contribution in [-0.2, 0) is 9.59 Å². The summed E-state index contributed by atoms with van der Waals surface area (Å²) in [6, 6.07) is 0. The highest BCUT2D eigenvalue weighted by Crippen LogP contribution is 2.22. The van der Waals surface area contributed by atoms with Crippen LogP contribution in [0.15, 0.2) is 12.2 Å². The third-order valence-corrected chi connectivity index (χ3v) is 3.74. The Morgan fingerprint density at radius 3 is 2.83 bits per heavy atom. The maximum Gasteiger partial charge on any atom is 0.247 e. The Hall–Kier alpha value is -1.32. The minimum Gasteiger partial charge on any atom is -0.342 e. The third-order valence-electron chi connectivity index (χ3n) is 3.74. The van der Waals surface area contributed by atoms with Crippen molar-refractivity contribution in [1.29, 1.82) is 0 Å². The van der Waals surface area contributed by atoms with Gasteiger partial charge in [-0.2, -0.15) is 0 Å². The summed E-state index contributed by atoms with van der Waals surface area (Å²) in [5.74, 6) is 0.560. The van der Waals surface area contributed by atoms with Gasteiger partial charge >= 0.3 is 0 Å². The molecule has 2 amide bonds. The minimum atomic E-state index is -0.766. The topological polar surface area (TPSA) is 49.4 Å². The van der Waals surface area contributed by atoms with Gasteiger partial charge in [-0.25, -0.2) is 0 Å². The Morgan fingerprint density at radius 1 is 1.39 bits per heavy atom. The Kier molecular flexibility index (Phi) is 3.73. The normalized spacial score (nSPS) is 27.9. The van der Waals surface area contributed by atoms with Crippen molar-refractivity contribution >= 4 is 11.8 Å². The standard InChI is InChI=1S/C14H22N2O2/c1-14(2)13(18)16(9-8-12(17)15-14)10-11-6-4-3-5-7-11/h3-4,11H,5-10H2,1-2H3,(H,15,17). The molecule has 4 nitrogen and oxygen atoms in total. The molecule has 1 heterocycles. The summed E-state index contributed by atoms with van der Waals surface area (Å²) >= 11 is 0. The summed E-state index contributed by atoms with van der Waals surface area (Å²) in [5.41, 5.74) is -0.766. The fourth-order valence-corrected chi connectivity index (χ4v) is 2.71. The predicted molar refractivity (Wildman–Crippen MR) is 69.9 cm³/mol. The van der Waals surface area contributed by atoms with E-state index in [1.807, 2.05) is 4.90 Å². The molecule has 18 heavy (non-hydrogen) atoms. The van der Waals surface area contributed by atoms with Crippen molar-refractivity contribution < 1.29 is 9.59 Å². The molecule has 0 spiro atoms. The minimum absolute atomic E-state index is 0.0283. The Labute approximate surface area is 108 Å². The number of carbonyl (C=O) groups excluding carboxylic acids is 2. The molecule has 0 aromatic heterocycles. The molecule has 0 bridgehead atoms. The van der Waals surface area contributed by atoms with E-state index in [9.17, 15) is 9.59 Å². The molecule has 0 radical (unpaired) electrons. The van der Waals surface area contributed by atoms with Gasteiger partial charge in [-0.3, -0.25) is 9.59 Å². The Morgan fingerprint density at radius 2 is 2.17 bits per heavy atom. The molecular weight excluding hydrogens is 228 g/mol. The van der Waals surface area contributed by atoms with Gasteiger partial charge in [0, 0.05) is 19.5 Å². The van der Waals surface area contributed by atoms with Crippen LogP contribution < -0.4 is 5.32 Å². The molecule has 2 rings (SSSR count). The van der Waals surface area contributed by atoms with Crippen LogP contribution in [0.1, 0.15) is 39.5 Å². The van der Waals surface area contributed by atoms with Crippen molar-refractivity contribution in [1.82, 2.24) is 10.2 Å². The molecule has 1 atom stereocenters. The predicted octanol–water partition coefficient (Wildman–Crippen LogP) is 1.47. The van der Waals surface area contributed by atoms with Crippen LogP contribution in [0.2, 0.25) is 0 Å². The molecule has 1 aliphatic heterocycles. The fraction of sp³-hybridized carbons (Fsp3) is 0.714. The maximum absolute atomic E-state index is 12.4. The quantitative estimate of drug-likeness (QED) is 0.754. The van der Waals surface area contributed by atoms with Crippen LogP contribution in [0.3, 0.4) is 0 Å². The molecule has 100 valence electrons. The number of hydrogen-bond donors (Lipinski definition) is 1. The molecular formula is C14H22N2O2. The zero-order valence-electron chi connectivity index (χ0n) is 11.2. The van der Waals surface area contributed by atoms with Crippen molar-refractivity contribution in [2.45, 2.75) is 45.1 Å². The fourth-order valence-electron chi connectivity index (χ4n) is 2.71. The molecule has 2 aliphatic rings. The zero-order chi connectivity index (χ0) is 13.2. The van der Waals surface area contributed by atoms with Crippen LogP contribution in [0.5, 0.6) is 0 Å². The molecule has 1 N–H and O–H groups in total. The van der Waals surface area contributed by atoms with Gasteiger partial charge in [0.15, 0.2) is 0 Å². The van der Waals surface area contributed by atoms with E-state index >= 15 is 0 Å². The lowest BCUT2D eigenvalue weighted by Crippen LogP contribution is -2.53. The van der Waals surface area contributed by atoms with Crippen molar-refractivity contribution in [3.05, 3.63) is 12.2 Å². The van der Waals surface area contributed by atoms with Crippen LogP contribution in [0.4, 0.5) is 0 Å². The third kappa shape index (κ3) is 2.92. The average molecular weight is 250 g/mol. The highest BCUT2D eigenvalue weighted by Gasteiger charge is 2.36. The van der Waals surface area contributed by atoms with E-state index in [2.05, 4.69) is 17.5 Å². The maximum atomic E-state index is 12.4. The van der Waals surface area contributed by atoms with Crippen LogP contribution >= 0.6 is 0 Å². The second kappa shape index (κ2) is 5.12. The Balaban J connectivity index is 2.04. The SMILES string of the molecule is CC1(C)NC(=O)CCN(CC2CC=CCC2)C1=O. The first-order chi connectivity index (χ1) is 8.49. The van der Waals surface area contributed by atoms with Gasteiger partial charge in [0.05, 0.1) is 0 Å². The largest absolute Gasteiger partial charge is 0.342 e. The lowest BCUT2D eigenvalue weighted by atomic mass is 9.93. The van der Waals surface area contributed by atoms with Gasteiger partial charge in [0.1, 0.15) is 5.54 Å². The lowest BCUT2D eigenvalue weighted by molar-refractivity contribution is -0.137. The average Bonchev–Trinajstić information content (AvgIpc) is 2.42. The van der Waals surface area contributed by atoms with Gasteiger partial charge in [0.25, 0.3) is 0 Å². The Bertz CT molecular complexity index is 374. The number of rotatable bonds is 2. The number of carbonyl (C=O) groups is 2. The highest BCUT2D eigenvalue weighted by molar-refractivity contribution is 5.92. The molecule has 0 saturated carbocycles. The molecule has 1 aliphatic carbocycles. The van der Waals surface area contributed by atoms with E-state index in [1.165, 1.54) is 0 Å². The van der Waals surface area contributed by atoms with Crippen molar-refractivity contribution in [3.63, 3.8) is 0 Å². The smallest absolute Gasteiger partial charge is 0.247 e. The van der Waals surface area contributed by atoms with Crippen molar-refractivity contribution in [2.75, 3.05) is 13.1 Å². The lowest BCUT2D eigenvalue weighted by Gasteiger charge is -2.32. The van der Waals surface area contributed by atoms with E-state index in [4.69, 9.17) is 0 Å². The van der Waals surface area contributed by atoms with Gasteiger partial charge in [0.2, 0.25) is 11.8 Å². The van der Waals surface area contributed by atoms with E-state index < -0.39 is 5.54 Å². The first kappa shape index (κ1) is 13.1. The summed E-state index contributed by atoms with van der Waals surface area (Å²) in [5, 5.41) is 2.79. The molecule has 1 unspecified atom stereocenters. The van der Waals surface area contributed by atoms with Crippen LogP contribution in [0.25, 0.3) is 0 Å². The second-order valence-corrected chi connectivity index (χ2v) is 5.82. The van der Waals surface area contributed by atoms with E-state index in [-0.39, 0.29) is 11.8 Å². The van der Waals surface area contributed by atoms with Gasteiger partial charge in [-0.15, -0.1) is 0 Å². The van der Waals surface area contributed by atoms with Gasteiger partial charge in [-0.1, -0.05) is 12.2 Å². The molecule has 4 heteroatoms. The number of nitrogens with one attached hydrogen (secondary N) is 1. The summed E-state index contributed by atoms with van der Waals surface area (Å²) in [4.78, 5) is 25.8. The summed E-state index contributed by atoms with van der Waals surface area (Å²) < 4.78 is 0. The number of nitrogens with zero attached hydrogens (tertiary/aromatic N) is 1. The first-order valence-electron chi connectivity index (χ1n) is 6.74. The van der Waals surface area contributed by atoms with Crippen LogP contribution in [0, 0.1) is 5.92 Å². The van der Waals surface area contributed by atoms with Gasteiger partial charge in [-0.05, 0) is 39.0 Å². The first-order valence-corrected chi connectivity index (χ1v) is 6.74. The van der Waals surface area contributed by atoms with Gasteiger partial charge < -0.3 is 10.2 Å². The summed E-state index contributed by atoms with van der Waals surface area (Å²) in [6.45, 7) is 4.90. The second-order valence-electron chi connectivity index (χ2n) is 5.82. The molecule has 0 aromatic carbocycles. The number of allylic oxidation sites excluding steroid dienone is 2. The van der Waals surface area contributed by atoms with E-state index in [0.717, 1.165) is 25.8 Å². The monoisotopic (exact) mass is 250 g/mol. The van der Waals surface area contributed by atoms with Crippen molar-refractivity contribution in [2.24, 2.45) is 5.92 Å². The van der Waals surface area contributed by atoms with E-state index in [0.29, 0.717) is 18.9 Å². The van der Waals surface area contributed by atoms with E-state index in [1.54, 1.807) is 13.8 Å². The number of amides is 2. The summed E-state index contributed by atoms with van der Waals surface area (Å²) in [6.07, 6.45) is 8.11. The molecule has 0 aromatic rings. The summed E-state index contributed by atoms with van der Waals surface area (Å²) in [7, 11) is 0. The molecule has 1 saturated heterocycles. The van der Waals surface area contributed by atoms with Crippen LogP contribution in [-0.4, -0.2) is 35.3 Å². The zero-order valence-corrected chi connectivity index (χ0v) is 11.2. The highest BCUT2D eigenvalue weighted by atomic mass is 16.2. The van der Waals surface area contributed by atoms with Crippen molar-refractivity contribution in [3.8, 4) is 0 Å². The molecule has 1 fully saturated rings. The number of hydrogen-bond acceptors (Lipinski definition) is 2.